The number of nitrogens with zero attached hydrogens (tertiary/aromatic N) is 1. The number of hydrogen-bond donors (Lipinski definition) is 1. The van der Waals surface area contributed by atoms with E-state index in [1.165, 1.54) is 15.6 Å². The average molecular weight is 403 g/mol. The minimum atomic E-state index is -3.72. The lowest BCUT2D eigenvalue weighted by Gasteiger charge is -2.30. The van der Waals surface area contributed by atoms with Crippen LogP contribution >= 0.6 is 27.3 Å². The summed E-state index contributed by atoms with van der Waals surface area (Å²) < 4.78 is 49.9. The highest BCUT2D eigenvalue weighted by molar-refractivity contribution is 9.11. The molecule has 1 atom stereocenters. The predicted molar refractivity (Wildman–Crippen MR) is 81.6 cm³/mol. The lowest BCUT2D eigenvalue weighted by atomic mass is 10.2. The molecule has 0 spiro atoms. The third-order valence-corrected chi connectivity index (χ3v) is 8.25. The largest absolute Gasteiger partial charge is 0.244 e. The number of rotatable bonds is 3. The van der Waals surface area contributed by atoms with Gasteiger partial charge in [-0.15, -0.1) is 11.3 Å². The van der Waals surface area contributed by atoms with Gasteiger partial charge in [-0.3, -0.25) is 0 Å². The van der Waals surface area contributed by atoms with Crippen molar-refractivity contribution in [3.05, 3.63) is 14.7 Å². The van der Waals surface area contributed by atoms with Crippen LogP contribution in [0.2, 0.25) is 0 Å². The summed E-state index contributed by atoms with van der Waals surface area (Å²) in [4.78, 5) is 0.902. The van der Waals surface area contributed by atoms with E-state index in [0.29, 0.717) is 24.3 Å². The molecule has 0 bridgehead atoms. The van der Waals surface area contributed by atoms with Crippen LogP contribution in [-0.2, 0) is 20.0 Å². The van der Waals surface area contributed by atoms with Crippen LogP contribution in [0.15, 0.2) is 14.7 Å². The van der Waals surface area contributed by atoms with E-state index in [2.05, 4.69) is 15.9 Å². The molecule has 0 saturated carbocycles. The summed E-state index contributed by atoms with van der Waals surface area (Å²) in [6.45, 7) is 1.97. The fourth-order valence-electron chi connectivity index (χ4n) is 2.22. The standard InChI is InChI=1S/C10H15BrN2O4S3/c1-7-9(5-10(11)18-7)20(16,17)13-4-2-3-8(6-13)19(12,14)15/h5,8H,2-4,6H2,1H3,(H2,12,14,15). The van der Waals surface area contributed by atoms with E-state index < -0.39 is 25.3 Å². The van der Waals surface area contributed by atoms with Crippen LogP contribution in [0.5, 0.6) is 0 Å². The molecule has 20 heavy (non-hydrogen) atoms. The SMILES string of the molecule is Cc1sc(Br)cc1S(=O)(=O)N1CCCC(S(N)(=O)=O)C1. The van der Waals surface area contributed by atoms with Gasteiger partial charge in [0, 0.05) is 18.0 Å². The fraction of sp³-hybridized carbons (Fsp3) is 0.600. The number of hydrogen-bond acceptors (Lipinski definition) is 5. The first kappa shape index (κ1) is 16.4. The smallest absolute Gasteiger partial charge is 0.228 e. The summed E-state index contributed by atoms with van der Waals surface area (Å²) in [7, 11) is -7.39. The van der Waals surface area contributed by atoms with Crippen molar-refractivity contribution in [3.8, 4) is 0 Å². The van der Waals surface area contributed by atoms with Crippen molar-refractivity contribution in [1.29, 1.82) is 0 Å². The monoisotopic (exact) mass is 402 g/mol. The van der Waals surface area contributed by atoms with E-state index in [1.54, 1.807) is 13.0 Å². The topological polar surface area (TPSA) is 97.5 Å². The van der Waals surface area contributed by atoms with Gasteiger partial charge in [-0.1, -0.05) is 0 Å². The van der Waals surface area contributed by atoms with E-state index in [0.717, 1.165) is 3.79 Å². The van der Waals surface area contributed by atoms with Gasteiger partial charge in [0.15, 0.2) is 0 Å². The molecule has 2 heterocycles. The average Bonchev–Trinajstić information content (AvgIpc) is 2.68. The Bertz CT molecular complexity index is 711. The van der Waals surface area contributed by atoms with E-state index in [-0.39, 0.29) is 11.4 Å². The fourth-order valence-corrected chi connectivity index (χ4v) is 7.10. The van der Waals surface area contributed by atoms with Crippen LogP contribution in [0.3, 0.4) is 0 Å². The summed E-state index contributed by atoms with van der Waals surface area (Å²) >= 11 is 4.60. The van der Waals surface area contributed by atoms with Crippen LogP contribution in [-0.4, -0.2) is 39.5 Å². The van der Waals surface area contributed by atoms with Gasteiger partial charge in [-0.25, -0.2) is 22.0 Å². The Morgan fingerprint density at radius 3 is 2.55 bits per heavy atom. The van der Waals surface area contributed by atoms with Crippen molar-refractivity contribution in [1.82, 2.24) is 4.31 Å². The molecule has 1 aromatic rings. The Morgan fingerprint density at radius 1 is 1.40 bits per heavy atom. The number of aryl methyl sites for hydroxylation is 1. The van der Waals surface area contributed by atoms with Gasteiger partial charge in [-0.05, 0) is 41.8 Å². The number of thiophene rings is 1. The summed E-state index contributed by atoms with van der Waals surface area (Å²) in [6.07, 6.45) is 0.891. The quantitative estimate of drug-likeness (QED) is 0.822. The van der Waals surface area contributed by atoms with Gasteiger partial charge >= 0.3 is 0 Å². The van der Waals surface area contributed by atoms with Crippen molar-refractivity contribution < 1.29 is 16.8 Å². The Kier molecular flexibility index (Phi) is 4.63. The number of halogens is 1. The lowest BCUT2D eigenvalue weighted by molar-refractivity contribution is 0.346. The molecule has 0 amide bonds. The Labute approximate surface area is 131 Å². The number of sulfonamides is 2. The van der Waals surface area contributed by atoms with Gasteiger partial charge in [0.1, 0.15) is 0 Å². The zero-order valence-electron chi connectivity index (χ0n) is 10.7. The summed E-state index contributed by atoms with van der Waals surface area (Å²) in [5, 5.41) is 4.31. The van der Waals surface area contributed by atoms with E-state index in [4.69, 9.17) is 5.14 Å². The molecule has 0 aliphatic carbocycles. The Hall–Kier alpha value is -0.000000000000000167. The Balaban J connectivity index is 2.33. The van der Waals surface area contributed by atoms with Crippen molar-refractivity contribution in [2.45, 2.75) is 29.9 Å². The molecule has 1 aliphatic heterocycles. The molecule has 1 unspecified atom stereocenters. The van der Waals surface area contributed by atoms with E-state index in [1.807, 2.05) is 0 Å². The summed E-state index contributed by atoms with van der Waals surface area (Å²) in [5.41, 5.74) is 0. The predicted octanol–water partition coefficient (Wildman–Crippen LogP) is 1.26. The molecular formula is C10H15BrN2O4S3. The van der Waals surface area contributed by atoms with Crippen LogP contribution < -0.4 is 5.14 Å². The molecule has 2 N–H and O–H groups in total. The van der Waals surface area contributed by atoms with Crippen molar-refractivity contribution in [2.24, 2.45) is 5.14 Å². The van der Waals surface area contributed by atoms with E-state index in [9.17, 15) is 16.8 Å². The number of primary sulfonamides is 1. The van der Waals surface area contributed by atoms with Crippen molar-refractivity contribution >= 4 is 47.3 Å². The second kappa shape index (κ2) is 5.65. The molecule has 0 radical (unpaired) electrons. The maximum absolute atomic E-state index is 12.6. The maximum atomic E-state index is 12.6. The van der Waals surface area contributed by atoms with Crippen LogP contribution in [0.25, 0.3) is 0 Å². The third kappa shape index (κ3) is 3.25. The summed E-state index contributed by atoms with van der Waals surface area (Å²) in [5.74, 6) is 0. The second-order valence-corrected chi connectivity index (χ2v) is 11.1. The highest BCUT2D eigenvalue weighted by Gasteiger charge is 2.35. The molecule has 1 aromatic heterocycles. The van der Waals surface area contributed by atoms with Gasteiger partial charge in [0.25, 0.3) is 0 Å². The third-order valence-electron chi connectivity index (χ3n) is 3.27. The van der Waals surface area contributed by atoms with Gasteiger partial charge < -0.3 is 0 Å². The van der Waals surface area contributed by atoms with Crippen LogP contribution in [0.1, 0.15) is 17.7 Å². The molecule has 0 aromatic carbocycles. The number of nitrogens with two attached hydrogens (primary N) is 1. The molecule has 1 fully saturated rings. The zero-order chi connectivity index (χ0) is 15.1. The molecular weight excluding hydrogens is 388 g/mol. The van der Waals surface area contributed by atoms with Crippen LogP contribution in [0.4, 0.5) is 0 Å². The molecule has 1 aliphatic rings. The van der Waals surface area contributed by atoms with Crippen molar-refractivity contribution in [2.75, 3.05) is 13.1 Å². The van der Waals surface area contributed by atoms with Crippen LogP contribution in [0, 0.1) is 6.92 Å². The molecule has 10 heteroatoms. The molecule has 2 rings (SSSR count). The second-order valence-electron chi connectivity index (χ2n) is 4.69. The molecule has 6 nitrogen and oxygen atoms in total. The first-order chi connectivity index (χ1) is 9.12. The first-order valence-electron chi connectivity index (χ1n) is 5.90. The highest BCUT2D eigenvalue weighted by Crippen LogP contribution is 2.32. The zero-order valence-corrected chi connectivity index (χ0v) is 14.8. The van der Waals surface area contributed by atoms with Gasteiger partial charge in [-0.2, -0.15) is 4.31 Å². The summed E-state index contributed by atoms with van der Waals surface area (Å²) in [6, 6.07) is 1.55. The lowest BCUT2D eigenvalue weighted by Crippen LogP contribution is -2.46. The molecule has 114 valence electrons. The highest BCUT2D eigenvalue weighted by atomic mass is 79.9. The number of piperidine rings is 1. The molecule has 1 saturated heterocycles. The van der Waals surface area contributed by atoms with Crippen molar-refractivity contribution in [3.63, 3.8) is 0 Å². The van der Waals surface area contributed by atoms with Gasteiger partial charge in [0.2, 0.25) is 20.0 Å². The Morgan fingerprint density at radius 2 is 2.05 bits per heavy atom. The minimum Gasteiger partial charge on any atom is -0.228 e. The van der Waals surface area contributed by atoms with Gasteiger partial charge in [0.05, 0.1) is 13.9 Å². The first-order valence-corrected chi connectivity index (χ1v) is 10.6. The normalized spacial score (nSPS) is 22.1. The minimum absolute atomic E-state index is 0.0753. The van der Waals surface area contributed by atoms with E-state index >= 15 is 0 Å². The maximum Gasteiger partial charge on any atom is 0.244 e.